The molecule has 0 spiro atoms. The van der Waals surface area contributed by atoms with Gasteiger partial charge in [0.25, 0.3) is 0 Å². The Morgan fingerprint density at radius 3 is 2.41 bits per heavy atom. The van der Waals surface area contributed by atoms with Crippen LogP contribution in [-0.4, -0.2) is 26.9 Å². The van der Waals surface area contributed by atoms with Crippen LogP contribution in [0, 0.1) is 6.92 Å². The van der Waals surface area contributed by atoms with Gasteiger partial charge >= 0.3 is 12.1 Å². The van der Waals surface area contributed by atoms with E-state index in [-0.39, 0.29) is 5.02 Å². The molecule has 37 heavy (non-hydrogen) atoms. The Balaban J connectivity index is 1.33. The third kappa shape index (κ3) is 4.82. The van der Waals surface area contributed by atoms with E-state index in [0.29, 0.717) is 24.3 Å². The summed E-state index contributed by atoms with van der Waals surface area (Å²) < 4.78 is 7.05. The minimum Gasteiger partial charge on any atom is -0.481 e. The maximum Gasteiger partial charge on any atom is 0.413 e. The minimum atomic E-state index is -0.760. The lowest BCUT2D eigenvalue weighted by atomic mass is 9.91. The summed E-state index contributed by atoms with van der Waals surface area (Å²) in [5.41, 5.74) is 4.73. The van der Waals surface area contributed by atoms with Crippen LogP contribution in [0.3, 0.4) is 0 Å². The zero-order valence-electron chi connectivity index (χ0n) is 20.4. The van der Waals surface area contributed by atoms with Gasteiger partial charge in [0, 0.05) is 0 Å². The van der Waals surface area contributed by atoms with Crippen molar-refractivity contribution in [2.45, 2.75) is 38.2 Å². The maximum absolute atomic E-state index is 12.6. The number of amides is 1. The second-order valence-corrected chi connectivity index (χ2v) is 9.71. The zero-order valence-corrected chi connectivity index (χ0v) is 21.2. The summed E-state index contributed by atoms with van der Waals surface area (Å²) in [6.45, 7) is 3.79. The number of hydrogen-bond acceptors (Lipinski definition) is 4. The number of benzene rings is 3. The van der Waals surface area contributed by atoms with Crippen LogP contribution in [0.4, 0.5) is 10.6 Å². The van der Waals surface area contributed by atoms with Gasteiger partial charge in [-0.05, 0) is 66.6 Å². The number of ether oxygens (including phenoxy) is 1. The smallest absolute Gasteiger partial charge is 0.413 e. The highest BCUT2D eigenvalue weighted by atomic mass is 35.5. The quantitative estimate of drug-likeness (QED) is 0.278. The highest BCUT2D eigenvalue weighted by molar-refractivity contribution is 6.33. The Kier molecular flexibility index (Phi) is 6.48. The van der Waals surface area contributed by atoms with Crippen molar-refractivity contribution in [1.29, 1.82) is 0 Å². The molecule has 7 nitrogen and oxygen atoms in total. The molecule has 8 heteroatoms. The Morgan fingerprint density at radius 2 is 1.78 bits per heavy atom. The standard InChI is InChI=1S/C29H26ClN3O4/c1-18-16-22(29(14-15-29)27(34)35)10-13-24(18)21-8-11-23(12-9-21)33-26(25(30)17-31-33)32-28(36)37-19(2)20-6-4-3-5-7-20/h3-13,16-17,19H,14-15H2,1-2H3,(H,32,36)(H,34,35)/t19-/m1/s1. The van der Waals surface area contributed by atoms with E-state index in [9.17, 15) is 14.7 Å². The molecule has 188 valence electrons. The SMILES string of the molecule is Cc1cc(C2(C(=O)O)CC2)ccc1-c1ccc(-n2ncc(Cl)c2NC(=O)O[C@H](C)c2ccccc2)cc1. The van der Waals surface area contributed by atoms with E-state index in [1.54, 1.807) is 11.6 Å². The summed E-state index contributed by atoms with van der Waals surface area (Å²) in [5, 5.41) is 16.9. The van der Waals surface area contributed by atoms with E-state index in [4.69, 9.17) is 16.3 Å². The number of carbonyl (C=O) groups excluding carboxylic acids is 1. The molecule has 1 aromatic heterocycles. The van der Waals surface area contributed by atoms with Crippen molar-refractivity contribution in [3.63, 3.8) is 0 Å². The van der Waals surface area contributed by atoms with Crippen molar-refractivity contribution in [2.24, 2.45) is 0 Å². The number of aromatic nitrogens is 2. The zero-order chi connectivity index (χ0) is 26.2. The number of rotatable bonds is 7. The molecule has 0 unspecified atom stereocenters. The lowest BCUT2D eigenvalue weighted by Gasteiger charge is -2.16. The first kappa shape index (κ1) is 24.6. The van der Waals surface area contributed by atoms with Gasteiger partial charge in [-0.15, -0.1) is 0 Å². The fourth-order valence-electron chi connectivity index (χ4n) is 4.53. The number of carboxylic acids is 1. The summed E-state index contributed by atoms with van der Waals surface area (Å²) in [5.74, 6) is -0.451. The molecule has 1 aliphatic rings. The molecule has 2 N–H and O–H groups in total. The third-order valence-electron chi connectivity index (χ3n) is 6.86. The van der Waals surface area contributed by atoms with E-state index in [0.717, 1.165) is 27.8 Å². The fourth-order valence-corrected chi connectivity index (χ4v) is 4.71. The van der Waals surface area contributed by atoms with Crippen molar-refractivity contribution in [3.05, 3.63) is 101 Å². The lowest BCUT2D eigenvalue weighted by molar-refractivity contribution is -0.140. The van der Waals surface area contributed by atoms with E-state index >= 15 is 0 Å². The molecular formula is C29H26ClN3O4. The molecule has 4 aromatic rings. The molecule has 0 radical (unpaired) electrons. The van der Waals surface area contributed by atoms with Crippen molar-refractivity contribution in [1.82, 2.24) is 9.78 Å². The van der Waals surface area contributed by atoms with Gasteiger partial charge in [-0.3, -0.25) is 10.1 Å². The summed E-state index contributed by atoms with van der Waals surface area (Å²) in [6.07, 6.45) is 1.75. The lowest BCUT2D eigenvalue weighted by Crippen LogP contribution is -2.19. The van der Waals surface area contributed by atoms with Crippen molar-refractivity contribution >= 4 is 29.5 Å². The van der Waals surface area contributed by atoms with Gasteiger partial charge in [-0.2, -0.15) is 5.10 Å². The first-order valence-corrected chi connectivity index (χ1v) is 12.4. The van der Waals surface area contributed by atoms with Gasteiger partial charge in [0.1, 0.15) is 11.1 Å². The number of nitrogens with zero attached hydrogens (tertiary/aromatic N) is 2. The summed E-state index contributed by atoms with van der Waals surface area (Å²) in [6, 6.07) is 23.0. The van der Waals surface area contributed by atoms with E-state index in [1.807, 2.05) is 79.7 Å². The topological polar surface area (TPSA) is 93.5 Å². The maximum atomic E-state index is 12.6. The monoisotopic (exact) mass is 515 g/mol. The van der Waals surface area contributed by atoms with E-state index in [2.05, 4.69) is 10.4 Å². The van der Waals surface area contributed by atoms with Gasteiger partial charge < -0.3 is 9.84 Å². The largest absolute Gasteiger partial charge is 0.481 e. The van der Waals surface area contributed by atoms with Crippen molar-refractivity contribution in [2.75, 3.05) is 5.32 Å². The molecule has 1 aliphatic carbocycles. The molecule has 1 atom stereocenters. The Labute approximate surface area is 219 Å². The highest BCUT2D eigenvalue weighted by Crippen LogP contribution is 2.49. The first-order chi connectivity index (χ1) is 17.8. The summed E-state index contributed by atoms with van der Waals surface area (Å²) >= 11 is 6.32. The van der Waals surface area contributed by atoms with Crippen LogP contribution in [0.5, 0.6) is 0 Å². The number of aryl methyl sites for hydroxylation is 1. The van der Waals surface area contributed by atoms with Crippen LogP contribution in [-0.2, 0) is 14.9 Å². The molecule has 1 fully saturated rings. The second kappa shape index (κ2) is 9.75. The highest BCUT2D eigenvalue weighted by Gasteiger charge is 2.51. The van der Waals surface area contributed by atoms with Gasteiger partial charge in [0.2, 0.25) is 0 Å². The number of nitrogens with one attached hydrogen (secondary N) is 1. The normalized spacial score (nSPS) is 14.6. The third-order valence-corrected chi connectivity index (χ3v) is 7.14. The summed E-state index contributed by atoms with van der Waals surface area (Å²) in [4.78, 5) is 24.3. The number of aliphatic carboxylic acids is 1. The number of anilines is 1. The summed E-state index contributed by atoms with van der Waals surface area (Å²) in [7, 11) is 0. The molecule has 1 saturated carbocycles. The van der Waals surface area contributed by atoms with Crippen LogP contribution >= 0.6 is 11.6 Å². The van der Waals surface area contributed by atoms with Gasteiger partial charge in [0.15, 0.2) is 5.82 Å². The first-order valence-electron chi connectivity index (χ1n) is 12.0. The van der Waals surface area contributed by atoms with Gasteiger partial charge in [-0.1, -0.05) is 72.3 Å². The Hall–Kier alpha value is -4.10. The minimum absolute atomic E-state index is 0.284. The predicted molar refractivity (Wildman–Crippen MR) is 142 cm³/mol. The molecular weight excluding hydrogens is 490 g/mol. The fraction of sp³-hybridized carbons (Fsp3) is 0.207. The average molecular weight is 516 g/mol. The number of hydrogen-bond donors (Lipinski definition) is 2. The van der Waals surface area contributed by atoms with E-state index in [1.165, 1.54) is 6.20 Å². The number of carboxylic acid groups (broad SMARTS) is 1. The van der Waals surface area contributed by atoms with Crippen LogP contribution in [0.15, 0.2) is 79.0 Å². The van der Waals surface area contributed by atoms with Gasteiger partial charge in [0.05, 0.1) is 17.3 Å². The number of halogens is 1. The number of carbonyl (C=O) groups is 2. The molecule has 5 rings (SSSR count). The van der Waals surface area contributed by atoms with Crippen LogP contribution in [0.1, 0.15) is 42.6 Å². The molecule has 0 saturated heterocycles. The van der Waals surface area contributed by atoms with Crippen molar-refractivity contribution < 1.29 is 19.4 Å². The van der Waals surface area contributed by atoms with Crippen LogP contribution < -0.4 is 5.32 Å². The molecule has 0 bridgehead atoms. The molecule has 1 heterocycles. The van der Waals surface area contributed by atoms with E-state index < -0.39 is 23.6 Å². The Morgan fingerprint density at radius 1 is 1.08 bits per heavy atom. The predicted octanol–water partition coefficient (Wildman–Crippen LogP) is 6.93. The molecule has 1 amide bonds. The van der Waals surface area contributed by atoms with Crippen LogP contribution in [0.25, 0.3) is 16.8 Å². The molecule has 0 aliphatic heterocycles. The van der Waals surface area contributed by atoms with Crippen molar-refractivity contribution in [3.8, 4) is 16.8 Å². The molecule has 3 aromatic carbocycles. The van der Waals surface area contributed by atoms with Gasteiger partial charge in [-0.25, -0.2) is 9.48 Å². The van der Waals surface area contributed by atoms with Crippen LogP contribution in [0.2, 0.25) is 5.02 Å². The second-order valence-electron chi connectivity index (χ2n) is 9.30. The Bertz CT molecular complexity index is 1460. The average Bonchev–Trinajstić information content (AvgIpc) is 3.64.